The predicted octanol–water partition coefficient (Wildman–Crippen LogP) is 2.56. The summed E-state index contributed by atoms with van der Waals surface area (Å²) in [6.07, 6.45) is 4.81. The average molecular weight is 226 g/mol. The van der Waals surface area contributed by atoms with E-state index >= 15 is 0 Å². The van der Waals surface area contributed by atoms with Crippen molar-refractivity contribution in [3.63, 3.8) is 0 Å². The Bertz CT molecular complexity index is 279. The minimum Gasteiger partial charge on any atom is -0.469 e. The van der Waals surface area contributed by atoms with Gasteiger partial charge in [-0.3, -0.25) is 4.79 Å². The van der Waals surface area contributed by atoms with Gasteiger partial charge in [-0.15, -0.1) is 0 Å². The van der Waals surface area contributed by atoms with Crippen LogP contribution in [-0.4, -0.2) is 26.8 Å². The van der Waals surface area contributed by atoms with E-state index in [-0.39, 0.29) is 11.4 Å². The largest absolute Gasteiger partial charge is 0.469 e. The molecule has 1 fully saturated rings. The molecule has 1 aliphatic carbocycles. The van der Waals surface area contributed by atoms with Crippen LogP contribution in [0, 0.1) is 11.3 Å². The molecule has 0 aromatic heterocycles. The van der Waals surface area contributed by atoms with E-state index < -0.39 is 0 Å². The van der Waals surface area contributed by atoms with Gasteiger partial charge in [0.2, 0.25) is 0 Å². The van der Waals surface area contributed by atoms with Crippen molar-refractivity contribution in [2.45, 2.75) is 33.1 Å². The molecule has 0 aromatic carbocycles. The third-order valence-electron chi connectivity index (χ3n) is 3.75. The second-order valence-corrected chi connectivity index (χ2v) is 4.92. The van der Waals surface area contributed by atoms with Crippen molar-refractivity contribution in [1.82, 2.24) is 0 Å². The first-order valence-corrected chi connectivity index (χ1v) is 5.77. The lowest BCUT2D eigenvalue weighted by Gasteiger charge is -2.28. The Morgan fingerprint density at radius 3 is 2.75 bits per heavy atom. The molecule has 0 saturated heterocycles. The molecule has 92 valence electrons. The smallest absolute Gasteiger partial charge is 0.305 e. The fourth-order valence-corrected chi connectivity index (χ4v) is 2.47. The standard InChI is InChI=1S/C13H22O3/c1-13(2)10(7-8-15-3)5-6-11(13)9-12(14)16-4/h7,11H,5-6,8-9H2,1-4H3/b10-7-. The summed E-state index contributed by atoms with van der Waals surface area (Å²) in [4.78, 5) is 11.3. The van der Waals surface area contributed by atoms with E-state index in [0.717, 1.165) is 12.8 Å². The van der Waals surface area contributed by atoms with Gasteiger partial charge in [-0.25, -0.2) is 0 Å². The Morgan fingerprint density at radius 2 is 2.19 bits per heavy atom. The van der Waals surface area contributed by atoms with E-state index in [1.807, 2.05) is 0 Å². The summed E-state index contributed by atoms with van der Waals surface area (Å²) in [5.74, 6) is 0.286. The van der Waals surface area contributed by atoms with Crippen LogP contribution in [0.5, 0.6) is 0 Å². The van der Waals surface area contributed by atoms with E-state index in [0.29, 0.717) is 18.9 Å². The third kappa shape index (κ3) is 2.85. The van der Waals surface area contributed by atoms with Gasteiger partial charge in [0.05, 0.1) is 13.7 Å². The highest BCUT2D eigenvalue weighted by atomic mass is 16.5. The zero-order valence-corrected chi connectivity index (χ0v) is 10.7. The lowest BCUT2D eigenvalue weighted by molar-refractivity contribution is -0.142. The van der Waals surface area contributed by atoms with Gasteiger partial charge in [-0.2, -0.15) is 0 Å². The molecule has 0 amide bonds. The minimum absolute atomic E-state index is 0.0900. The highest BCUT2D eigenvalue weighted by Gasteiger charge is 2.39. The summed E-state index contributed by atoms with van der Waals surface area (Å²) < 4.78 is 9.81. The van der Waals surface area contributed by atoms with Crippen molar-refractivity contribution >= 4 is 5.97 Å². The van der Waals surface area contributed by atoms with Gasteiger partial charge < -0.3 is 9.47 Å². The zero-order valence-electron chi connectivity index (χ0n) is 10.7. The lowest BCUT2D eigenvalue weighted by Crippen LogP contribution is -2.22. The second-order valence-electron chi connectivity index (χ2n) is 4.92. The van der Waals surface area contributed by atoms with Gasteiger partial charge in [0, 0.05) is 13.5 Å². The molecule has 1 saturated carbocycles. The van der Waals surface area contributed by atoms with Crippen molar-refractivity contribution in [2.24, 2.45) is 11.3 Å². The van der Waals surface area contributed by atoms with Gasteiger partial charge in [0.15, 0.2) is 0 Å². The molecule has 0 N–H and O–H groups in total. The molecular formula is C13H22O3. The number of hydrogen-bond donors (Lipinski definition) is 0. The Hall–Kier alpha value is -0.830. The Kier molecular flexibility index (Phi) is 4.54. The number of methoxy groups -OCH3 is 2. The van der Waals surface area contributed by atoms with Gasteiger partial charge >= 0.3 is 5.97 Å². The van der Waals surface area contributed by atoms with Gasteiger partial charge in [0.1, 0.15) is 0 Å². The molecule has 1 rings (SSSR count). The summed E-state index contributed by atoms with van der Waals surface area (Å²) in [7, 11) is 3.15. The summed E-state index contributed by atoms with van der Waals surface area (Å²) in [5, 5.41) is 0. The van der Waals surface area contributed by atoms with E-state index in [1.165, 1.54) is 12.7 Å². The maximum absolute atomic E-state index is 11.3. The van der Waals surface area contributed by atoms with Gasteiger partial charge in [-0.1, -0.05) is 25.5 Å². The molecule has 3 nitrogen and oxygen atoms in total. The molecule has 0 radical (unpaired) electrons. The van der Waals surface area contributed by atoms with Crippen LogP contribution in [0.15, 0.2) is 11.6 Å². The van der Waals surface area contributed by atoms with E-state index in [2.05, 4.69) is 19.9 Å². The van der Waals surface area contributed by atoms with Crippen molar-refractivity contribution in [3.05, 3.63) is 11.6 Å². The van der Waals surface area contributed by atoms with Gasteiger partial charge in [-0.05, 0) is 24.2 Å². The third-order valence-corrected chi connectivity index (χ3v) is 3.75. The number of ether oxygens (including phenoxy) is 2. The van der Waals surface area contributed by atoms with Crippen LogP contribution in [0.4, 0.5) is 0 Å². The highest BCUT2D eigenvalue weighted by Crippen LogP contribution is 2.48. The normalized spacial score (nSPS) is 26.0. The van der Waals surface area contributed by atoms with Crippen LogP contribution in [-0.2, 0) is 14.3 Å². The molecule has 16 heavy (non-hydrogen) atoms. The number of rotatable bonds is 4. The Labute approximate surface area is 97.8 Å². The lowest BCUT2D eigenvalue weighted by atomic mass is 9.77. The number of allylic oxidation sites excluding steroid dienone is 1. The summed E-state index contributed by atoms with van der Waals surface area (Å²) in [6, 6.07) is 0. The zero-order chi connectivity index (χ0) is 12.2. The highest BCUT2D eigenvalue weighted by molar-refractivity contribution is 5.69. The fourth-order valence-electron chi connectivity index (χ4n) is 2.47. The number of carbonyl (C=O) groups is 1. The Balaban J connectivity index is 2.67. The first kappa shape index (κ1) is 13.2. The molecule has 0 bridgehead atoms. The average Bonchev–Trinajstić information content (AvgIpc) is 2.52. The minimum atomic E-state index is -0.105. The summed E-state index contributed by atoms with van der Waals surface area (Å²) in [6.45, 7) is 5.06. The second kappa shape index (κ2) is 5.48. The molecule has 0 aliphatic heterocycles. The molecule has 1 unspecified atom stereocenters. The number of carbonyl (C=O) groups excluding carboxylic acids is 1. The Morgan fingerprint density at radius 1 is 1.50 bits per heavy atom. The topological polar surface area (TPSA) is 35.5 Å². The summed E-state index contributed by atoms with van der Waals surface area (Å²) in [5.41, 5.74) is 1.50. The quantitative estimate of drug-likeness (QED) is 0.546. The summed E-state index contributed by atoms with van der Waals surface area (Å²) >= 11 is 0. The SMILES string of the molecule is COC/C=C1/CCC(CC(=O)OC)C1(C)C. The molecular weight excluding hydrogens is 204 g/mol. The van der Waals surface area contributed by atoms with Crippen LogP contribution in [0.1, 0.15) is 33.1 Å². The number of hydrogen-bond acceptors (Lipinski definition) is 3. The van der Waals surface area contributed by atoms with Crippen molar-refractivity contribution < 1.29 is 14.3 Å². The first-order valence-electron chi connectivity index (χ1n) is 5.77. The number of esters is 1. The van der Waals surface area contributed by atoms with Crippen LogP contribution in [0.25, 0.3) is 0 Å². The molecule has 0 aromatic rings. The van der Waals surface area contributed by atoms with Crippen LogP contribution in [0.2, 0.25) is 0 Å². The van der Waals surface area contributed by atoms with E-state index in [1.54, 1.807) is 7.11 Å². The molecule has 0 heterocycles. The van der Waals surface area contributed by atoms with Crippen LogP contribution < -0.4 is 0 Å². The fraction of sp³-hybridized carbons (Fsp3) is 0.769. The molecule has 0 spiro atoms. The van der Waals surface area contributed by atoms with Crippen LogP contribution >= 0.6 is 0 Å². The van der Waals surface area contributed by atoms with Crippen molar-refractivity contribution in [3.8, 4) is 0 Å². The van der Waals surface area contributed by atoms with E-state index in [4.69, 9.17) is 9.47 Å². The monoisotopic (exact) mass is 226 g/mol. The maximum atomic E-state index is 11.3. The first-order chi connectivity index (χ1) is 7.52. The van der Waals surface area contributed by atoms with Crippen molar-refractivity contribution in [2.75, 3.05) is 20.8 Å². The van der Waals surface area contributed by atoms with Crippen molar-refractivity contribution in [1.29, 1.82) is 0 Å². The van der Waals surface area contributed by atoms with Gasteiger partial charge in [0.25, 0.3) is 0 Å². The van der Waals surface area contributed by atoms with E-state index in [9.17, 15) is 4.79 Å². The molecule has 1 atom stereocenters. The molecule has 3 heteroatoms. The molecule has 1 aliphatic rings. The predicted molar refractivity (Wildman–Crippen MR) is 63.1 cm³/mol. The van der Waals surface area contributed by atoms with Crippen LogP contribution in [0.3, 0.4) is 0 Å². The maximum Gasteiger partial charge on any atom is 0.305 e.